The number of hydrogen-bond donors (Lipinski definition) is 1. The minimum atomic E-state index is -0.520. The molecule has 0 aliphatic heterocycles. The molecular weight excluding hydrogens is 604 g/mol. The lowest BCUT2D eigenvalue weighted by molar-refractivity contribution is 0.201. The predicted octanol–water partition coefficient (Wildman–Crippen LogP) is 8.90. The quantitative estimate of drug-likeness (QED) is 0.147. The van der Waals surface area contributed by atoms with E-state index in [4.69, 9.17) is 9.47 Å². The van der Waals surface area contributed by atoms with Crippen LogP contribution in [0.2, 0.25) is 0 Å². The first-order valence-corrected chi connectivity index (χ1v) is 14.8. The Balaban J connectivity index is 1.64. The molecule has 4 aromatic carbocycles. The van der Waals surface area contributed by atoms with Crippen molar-refractivity contribution < 1.29 is 14.6 Å². The summed E-state index contributed by atoms with van der Waals surface area (Å²) in [5, 5.41) is 9.19. The van der Waals surface area contributed by atoms with Gasteiger partial charge in [0.2, 0.25) is 0 Å². The van der Waals surface area contributed by atoms with Crippen LogP contribution in [0.3, 0.4) is 0 Å². The lowest BCUT2D eigenvalue weighted by atomic mass is 9.67. The smallest absolute Gasteiger partial charge is 0.119 e. The molecule has 1 aliphatic carbocycles. The van der Waals surface area contributed by atoms with Crippen LogP contribution in [0.4, 0.5) is 0 Å². The monoisotopic (exact) mass is 634 g/mol. The van der Waals surface area contributed by atoms with E-state index in [1.165, 1.54) is 47.1 Å². The highest BCUT2D eigenvalue weighted by atomic mass is 79.9. The van der Waals surface area contributed by atoms with Gasteiger partial charge in [0, 0.05) is 8.95 Å². The molecule has 1 N–H and O–H groups in total. The first-order chi connectivity index (χ1) is 18.6. The molecule has 0 unspecified atom stereocenters. The third-order valence-electron chi connectivity index (χ3n) is 7.26. The van der Waals surface area contributed by atoms with E-state index >= 15 is 0 Å². The van der Waals surface area contributed by atoms with Crippen LogP contribution in [-0.2, 0) is 5.41 Å². The number of fused-ring (bicyclic) bond motifs is 3. The highest BCUT2D eigenvalue weighted by Gasteiger charge is 2.46. The van der Waals surface area contributed by atoms with E-state index in [2.05, 4.69) is 112 Å². The van der Waals surface area contributed by atoms with E-state index in [1.54, 1.807) is 0 Å². The summed E-state index contributed by atoms with van der Waals surface area (Å²) >= 11 is 7.49. The molecule has 3 nitrogen and oxygen atoms in total. The Morgan fingerprint density at radius 3 is 1.61 bits per heavy atom. The van der Waals surface area contributed by atoms with Gasteiger partial charge in [-0.2, -0.15) is 0 Å². The Bertz CT molecular complexity index is 1330. The van der Waals surface area contributed by atoms with Gasteiger partial charge >= 0.3 is 0 Å². The van der Waals surface area contributed by atoms with E-state index in [0.717, 1.165) is 39.0 Å². The zero-order valence-electron chi connectivity index (χ0n) is 21.6. The third kappa shape index (κ3) is 5.16. The normalized spacial score (nSPS) is 13.2. The molecule has 0 saturated heterocycles. The fourth-order valence-electron chi connectivity index (χ4n) is 5.54. The molecule has 5 rings (SSSR count). The van der Waals surface area contributed by atoms with Crippen molar-refractivity contribution in [1.29, 1.82) is 0 Å². The number of aliphatic hydroxyl groups is 1. The fraction of sp³-hybridized carbons (Fsp3) is 0.273. The van der Waals surface area contributed by atoms with Gasteiger partial charge in [-0.05, 0) is 88.3 Å². The topological polar surface area (TPSA) is 38.7 Å². The van der Waals surface area contributed by atoms with Crippen LogP contribution in [0.1, 0.15) is 54.9 Å². The van der Waals surface area contributed by atoms with Crippen molar-refractivity contribution >= 4 is 31.9 Å². The number of halogens is 2. The Kier molecular flexibility index (Phi) is 8.57. The van der Waals surface area contributed by atoms with E-state index in [9.17, 15) is 5.11 Å². The molecule has 0 saturated carbocycles. The van der Waals surface area contributed by atoms with Gasteiger partial charge in [-0.1, -0.05) is 94.4 Å². The minimum absolute atomic E-state index is 0.0124. The molecule has 0 spiro atoms. The van der Waals surface area contributed by atoms with E-state index in [1.807, 2.05) is 12.1 Å². The summed E-state index contributed by atoms with van der Waals surface area (Å²) in [6.07, 6.45) is 4.75. The summed E-state index contributed by atoms with van der Waals surface area (Å²) in [6.45, 7) is 3.23. The van der Waals surface area contributed by atoms with E-state index < -0.39 is 5.41 Å². The van der Waals surface area contributed by atoms with Crippen LogP contribution in [0.5, 0.6) is 11.5 Å². The summed E-state index contributed by atoms with van der Waals surface area (Å²) < 4.78 is 13.9. The van der Waals surface area contributed by atoms with Gasteiger partial charge in [-0.15, -0.1) is 0 Å². The van der Waals surface area contributed by atoms with Crippen LogP contribution >= 0.6 is 31.9 Å². The van der Waals surface area contributed by atoms with Gasteiger partial charge in [-0.25, -0.2) is 0 Å². The number of hydrogen-bond acceptors (Lipinski definition) is 3. The first-order valence-electron chi connectivity index (χ1n) is 13.3. The fourth-order valence-corrected chi connectivity index (χ4v) is 6.26. The summed E-state index contributed by atoms with van der Waals surface area (Å²) in [5.41, 5.74) is 6.73. The van der Waals surface area contributed by atoms with Crippen molar-refractivity contribution in [1.82, 2.24) is 0 Å². The highest BCUT2D eigenvalue weighted by Crippen LogP contribution is 2.57. The number of ether oxygens (including phenoxy) is 2. The Labute approximate surface area is 242 Å². The van der Waals surface area contributed by atoms with Crippen LogP contribution in [-0.4, -0.2) is 24.9 Å². The molecule has 0 atom stereocenters. The molecule has 0 fully saturated rings. The maximum Gasteiger partial charge on any atom is 0.119 e. The predicted molar refractivity (Wildman–Crippen MR) is 161 cm³/mol. The van der Waals surface area contributed by atoms with Crippen molar-refractivity contribution in [2.45, 2.75) is 38.0 Å². The summed E-state index contributed by atoms with van der Waals surface area (Å²) in [4.78, 5) is 0. The lowest BCUT2D eigenvalue weighted by Gasteiger charge is -2.34. The molecule has 0 radical (unpaired) electrons. The molecular formula is C33H32Br2O3. The number of unbranched alkanes of at least 4 members (excludes halogenated alkanes) is 3. The average molecular weight is 636 g/mol. The summed E-state index contributed by atoms with van der Waals surface area (Å²) in [7, 11) is 0. The average Bonchev–Trinajstić information content (AvgIpc) is 3.21. The van der Waals surface area contributed by atoms with Crippen LogP contribution in [0, 0.1) is 0 Å². The van der Waals surface area contributed by atoms with Crippen molar-refractivity contribution in [2.24, 2.45) is 0 Å². The van der Waals surface area contributed by atoms with Gasteiger partial charge in [-0.3, -0.25) is 0 Å². The second-order valence-electron chi connectivity index (χ2n) is 9.66. The van der Waals surface area contributed by atoms with Crippen molar-refractivity contribution in [2.75, 3.05) is 19.8 Å². The maximum atomic E-state index is 9.19. The van der Waals surface area contributed by atoms with Crippen LogP contribution in [0.15, 0.2) is 93.9 Å². The Morgan fingerprint density at radius 2 is 1.13 bits per heavy atom. The van der Waals surface area contributed by atoms with E-state index in [0.29, 0.717) is 0 Å². The van der Waals surface area contributed by atoms with Gasteiger partial charge in [0.25, 0.3) is 0 Å². The van der Waals surface area contributed by atoms with Gasteiger partial charge in [0.05, 0.1) is 18.6 Å². The molecule has 5 heteroatoms. The van der Waals surface area contributed by atoms with Crippen molar-refractivity contribution in [3.05, 3.63) is 116 Å². The van der Waals surface area contributed by atoms with E-state index in [-0.39, 0.29) is 13.2 Å². The van der Waals surface area contributed by atoms with Gasteiger partial charge < -0.3 is 14.6 Å². The molecule has 0 heterocycles. The SMILES string of the molecule is CCCCCCOc1ccc(C2(c3ccc(OCCO)cc3)c3cc(Br)ccc3-c3ccc(Br)cc32)cc1. The third-order valence-corrected chi connectivity index (χ3v) is 8.25. The molecule has 1 aliphatic rings. The maximum absolute atomic E-state index is 9.19. The lowest BCUT2D eigenvalue weighted by Crippen LogP contribution is -2.28. The highest BCUT2D eigenvalue weighted by molar-refractivity contribution is 9.10. The van der Waals surface area contributed by atoms with Crippen LogP contribution < -0.4 is 9.47 Å². The number of benzene rings is 4. The molecule has 196 valence electrons. The molecule has 0 amide bonds. The number of aliphatic hydroxyl groups excluding tert-OH is 1. The molecule has 4 aromatic rings. The van der Waals surface area contributed by atoms with Crippen molar-refractivity contribution in [3.63, 3.8) is 0 Å². The molecule has 0 aromatic heterocycles. The minimum Gasteiger partial charge on any atom is -0.494 e. The summed E-state index contributed by atoms with van der Waals surface area (Å²) in [6, 6.07) is 30.0. The number of rotatable bonds is 11. The molecule has 38 heavy (non-hydrogen) atoms. The molecule has 0 bridgehead atoms. The first kappa shape index (κ1) is 27.0. The largest absolute Gasteiger partial charge is 0.494 e. The zero-order chi connectivity index (χ0) is 26.5. The second-order valence-corrected chi connectivity index (χ2v) is 11.5. The zero-order valence-corrected chi connectivity index (χ0v) is 24.7. The van der Waals surface area contributed by atoms with Crippen LogP contribution in [0.25, 0.3) is 11.1 Å². The Hall–Kier alpha value is -2.60. The van der Waals surface area contributed by atoms with Gasteiger partial charge in [0.1, 0.15) is 18.1 Å². The van der Waals surface area contributed by atoms with Crippen molar-refractivity contribution in [3.8, 4) is 22.6 Å². The summed E-state index contributed by atoms with van der Waals surface area (Å²) in [5.74, 6) is 1.64. The standard InChI is InChI=1S/C33H32Br2O3/c1-2-3-4-5-19-37-27-12-6-23(7-13-27)33(24-8-14-28(15-9-24)38-20-18-36)31-21-25(34)10-16-29(31)30-17-11-26(35)22-32(30)33/h6-17,21-22,36H,2-5,18-20H2,1H3. The second kappa shape index (κ2) is 12.1. The van der Waals surface area contributed by atoms with Gasteiger partial charge in [0.15, 0.2) is 0 Å². The Morgan fingerprint density at radius 1 is 0.632 bits per heavy atom.